The molecule has 1 nitrogen and oxygen atoms in total. The van der Waals surface area contributed by atoms with Crippen LogP contribution in [0.4, 0.5) is 0 Å². The van der Waals surface area contributed by atoms with E-state index in [1.54, 1.807) is 0 Å². The molecule has 1 heteroatoms. The lowest BCUT2D eigenvalue weighted by Gasteiger charge is -2.12. The summed E-state index contributed by atoms with van der Waals surface area (Å²) in [6, 6.07) is 21.4. The number of aromatic nitrogens is 1. The highest BCUT2D eigenvalue weighted by molar-refractivity contribution is 6.31. The van der Waals surface area contributed by atoms with Crippen LogP contribution in [0, 0.1) is 6.20 Å². The Bertz CT molecular complexity index is 923. The lowest BCUT2D eigenvalue weighted by atomic mass is 9.92. The standard InChI is InChI=1S/C19H10N/c1-4-12-5-3-9-16-17(12)14(7-1)15-8-2-6-13-10-11-20-19(16)18(13)15/h1-10H. The Morgan fingerprint density at radius 3 is 2.10 bits per heavy atom. The van der Waals surface area contributed by atoms with Crippen LogP contribution in [0.2, 0.25) is 0 Å². The van der Waals surface area contributed by atoms with E-state index < -0.39 is 0 Å². The third kappa shape index (κ3) is 1.11. The van der Waals surface area contributed by atoms with Crippen molar-refractivity contribution < 1.29 is 0 Å². The maximum Gasteiger partial charge on any atom is 0.0900 e. The first kappa shape index (κ1) is 10.2. The fourth-order valence-corrected chi connectivity index (χ4v) is 3.36. The first-order valence-corrected chi connectivity index (χ1v) is 6.76. The monoisotopic (exact) mass is 252 g/mol. The van der Waals surface area contributed by atoms with Gasteiger partial charge in [-0.1, -0.05) is 54.6 Å². The minimum Gasteiger partial charge on any atom is -0.245 e. The highest BCUT2D eigenvalue weighted by atomic mass is 14.6. The first-order chi connectivity index (χ1) is 9.93. The molecule has 0 spiro atoms. The highest BCUT2D eigenvalue weighted by Gasteiger charge is 2.12. The second-order valence-corrected chi connectivity index (χ2v) is 5.21. The van der Waals surface area contributed by atoms with Gasteiger partial charge in [0, 0.05) is 10.8 Å². The lowest BCUT2D eigenvalue weighted by molar-refractivity contribution is 1.42. The normalized spacial score (nSPS) is 12.0. The quantitative estimate of drug-likeness (QED) is 0.281. The zero-order valence-electron chi connectivity index (χ0n) is 10.7. The molecule has 0 aliphatic carbocycles. The smallest absolute Gasteiger partial charge is 0.0900 e. The van der Waals surface area contributed by atoms with Crippen LogP contribution in [0.5, 0.6) is 0 Å². The summed E-state index contributed by atoms with van der Waals surface area (Å²) in [6.45, 7) is 0. The molecule has 5 aromatic rings. The van der Waals surface area contributed by atoms with Gasteiger partial charge < -0.3 is 0 Å². The van der Waals surface area contributed by atoms with Crippen LogP contribution >= 0.6 is 0 Å². The summed E-state index contributed by atoms with van der Waals surface area (Å²) in [7, 11) is 0. The van der Waals surface area contributed by atoms with Crippen LogP contribution in [0.25, 0.3) is 43.2 Å². The van der Waals surface area contributed by atoms with Crippen molar-refractivity contribution in [2.45, 2.75) is 0 Å². The number of benzene rings is 4. The van der Waals surface area contributed by atoms with Crippen LogP contribution in [0.3, 0.4) is 0 Å². The van der Waals surface area contributed by atoms with E-state index in [4.69, 9.17) is 0 Å². The zero-order chi connectivity index (χ0) is 13.1. The highest BCUT2D eigenvalue weighted by Crippen LogP contribution is 2.38. The molecule has 0 saturated carbocycles. The molecule has 0 N–H and O–H groups in total. The topological polar surface area (TPSA) is 12.9 Å². The Kier molecular flexibility index (Phi) is 1.75. The van der Waals surface area contributed by atoms with Crippen molar-refractivity contribution in [3.63, 3.8) is 0 Å². The predicted octanol–water partition coefficient (Wildman–Crippen LogP) is 4.93. The second kappa shape index (κ2) is 3.45. The van der Waals surface area contributed by atoms with E-state index in [0.717, 1.165) is 5.52 Å². The van der Waals surface area contributed by atoms with Crippen molar-refractivity contribution >= 4 is 43.2 Å². The largest absolute Gasteiger partial charge is 0.245 e. The second-order valence-electron chi connectivity index (χ2n) is 5.21. The van der Waals surface area contributed by atoms with Gasteiger partial charge >= 0.3 is 0 Å². The van der Waals surface area contributed by atoms with E-state index in [9.17, 15) is 0 Å². The van der Waals surface area contributed by atoms with E-state index in [1.807, 2.05) is 6.07 Å². The van der Waals surface area contributed by atoms with Crippen molar-refractivity contribution in [3.8, 4) is 0 Å². The molecule has 0 bridgehead atoms. The van der Waals surface area contributed by atoms with Gasteiger partial charge in [0.05, 0.1) is 11.7 Å². The van der Waals surface area contributed by atoms with Gasteiger partial charge in [-0.2, -0.15) is 0 Å². The molecule has 20 heavy (non-hydrogen) atoms. The van der Waals surface area contributed by atoms with Crippen LogP contribution in [-0.2, 0) is 0 Å². The van der Waals surface area contributed by atoms with E-state index in [0.29, 0.717) is 0 Å². The average molecular weight is 252 g/mol. The molecule has 0 unspecified atom stereocenters. The molecular weight excluding hydrogens is 242 g/mol. The van der Waals surface area contributed by atoms with Crippen molar-refractivity contribution in [2.75, 3.05) is 0 Å². The number of pyridine rings is 1. The average Bonchev–Trinajstić information content (AvgIpc) is 2.52. The van der Waals surface area contributed by atoms with Gasteiger partial charge in [-0.05, 0) is 33.0 Å². The van der Waals surface area contributed by atoms with E-state index in [2.05, 4.69) is 65.8 Å². The molecule has 0 saturated heterocycles. The Hall–Kier alpha value is -2.67. The van der Waals surface area contributed by atoms with E-state index >= 15 is 0 Å². The third-order valence-corrected chi connectivity index (χ3v) is 4.18. The Morgan fingerprint density at radius 1 is 0.650 bits per heavy atom. The molecule has 0 fully saturated rings. The van der Waals surface area contributed by atoms with Gasteiger partial charge in [0.1, 0.15) is 0 Å². The van der Waals surface area contributed by atoms with Crippen molar-refractivity contribution in [2.24, 2.45) is 0 Å². The van der Waals surface area contributed by atoms with E-state index in [1.165, 1.54) is 37.7 Å². The van der Waals surface area contributed by atoms with Crippen LogP contribution in [0.15, 0.2) is 60.7 Å². The molecule has 1 heterocycles. The Morgan fingerprint density at radius 2 is 1.30 bits per heavy atom. The molecule has 4 aromatic carbocycles. The third-order valence-electron chi connectivity index (χ3n) is 4.18. The summed E-state index contributed by atoms with van der Waals surface area (Å²) in [4.78, 5) is 4.54. The Balaban J connectivity index is 2.32. The molecule has 91 valence electrons. The zero-order valence-corrected chi connectivity index (χ0v) is 10.7. The van der Waals surface area contributed by atoms with Crippen LogP contribution in [-0.4, -0.2) is 4.98 Å². The maximum absolute atomic E-state index is 4.54. The number of fused-ring (bicyclic) bond motifs is 2. The summed E-state index contributed by atoms with van der Waals surface area (Å²) >= 11 is 0. The van der Waals surface area contributed by atoms with Gasteiger partial charge in [-0.3, -0.25) is 0 Å². The van der Waals surface area contributed by atoms with Gasteiger partial charge in [0.2, 0.25) is 0 Å². The summed E-state index contributed by atoms with van der Waals surface area (Å²) in [5.74, 6) is 0. The number of nitrogens with zero attached hydrogens (tertiary/aromatic N) is 1. The minimum atomic E-state index is 1.06. The van der Waals surface area contributed by atoms with Gasteiger partial charge in [-0.25, -0.2) is 4.98 Å². The van der Waals surface area contributed by atoms with Crippen molar-refractivity contribution in [3.05, 3.63) is 66.9 Å². The lowest BCUT2D eigenvalue weighted by Crippen LogP contribution is -1.88. The predicted molar refractivity (Wildman–Crippen MR) is 84.3 cm³/mol. The fourth-order valence-electron chi connectivity index (χ4n) is 3.36. The van der Waals surface area contributed by atoms with Gasteiger partial charge in [0.25, 0.3) is 0 Å². The number of hydrogen-bond donors (Lipinski definition) is 0. The molecule has 0 aliphatic rings. The molecule has 5 rings (SSSR count). The fraction of sp³-hybridized carbons (Fsp3) is 0. The summed E-state index contributed by atoms with van der Waals surface area (Å²) < 4.78 is 0. The van der Waals surface area contributed by atoms with Crippen LogP contribution < -0.4 is 0 Å². The molecule has 1 aromatic heterocycles. The van der Waals surface area contributed by atoms with Gasteiger partial charge in [0.15, 0.2) is 0 Å². The number of rotatable bonds is 0. The maximum atomic E-state index is 4.54. The minimum absolute atomic E-state index is 1.06. The SMILES string of the molecule is [c]1cc2cccc3c4cccc5cccc(c(n1)c23)c54. The molecule has 0 atom stereocenters. The Labute approximate surface area is 115 Å². The molecule has 1 radical (unpaired) electrons. The molecule has 0 amide bonds. The summed E-state index contributed by atoms with van der Waals surface area (Å²) in [5, 5.41) is 8.85. The van der Waals surface area contributed by atoms with Crippen LogP contribution in [0.1, 0.15) is 0 Å². The van der Waals surface area contributed by atoms with Gasteiger partial charge in [-0.15, -0.1) is 0 Å². The molecule has 0 aliphatic heterocycles. The summed E-state index contributed by atoms with van der Waals surface area (Å²) in [6.07, 6.45) is 3.04. The molecular formula is C19H10N. The van der Waals surface area contributed by atoms with Crippen molar-refractivity contribution in [1.29, 1.82) is 0 Å². The van der Waals surface area contributed by atoms with E-state index in [-0.39, 0.29) is 0 Å². The summed E-state index contributed by atoms with van der Waals surface area (Å²) in [5.41, 5.74) is 1.06. The first-order valence-electron chi connectivity index (χ1n) is 6.76. The van der Waals surface area contributed by atoms with Crippen molar-refractivity contribution in [1.82, 2.24) is 4.98 Å². The number of hydrogen-bond acceptors (Lipinski definition) is 1.